The number of rotatable bonds is 0. The first-order valence-corrected chi connectivity index (χ1v) is 5.94. The van der Waals surface area contributed by atoms with Gasteiger partial charge in [-0.25, -0.2) is 15.1 Å². The van der Waals surface area contributed by atoms with Crippen molar-refractivity contribution < 1.29 is 4.52 Å². The van der Waals surface area contributed by atoms with E-state index in [1.165, 1.54) is 0 Å². The number of halogens is 1. The first-order chi connectivity index (χ1) is 8.74. The number of benzene rings is 1. The zero-order chi connectivity index (χ0) is 12.3. The molecule has 0 atom stereocenters. The SMILES string of the molecule is Cc1[nH]oc2cc3c(nc12)nc1c(Cl)cccc13. The maximum Gasteiger partial charge on any atom is 0.183 e. The van der Waals surface area contributed by atoms with Crippen LogP contribution in [0.2, 0.25) is 5.02 Å². The molecule has 0 saturated carbocycles. The van der Waals surface area contributed by atoms with Crippen LogP contribution in [0.4, 0.5) is 0 Å². The summed E-state index contributed by atoms with van der Waals surface area (Å²) in [4.78, 5) is 9.01. The van der Waals surface area contributed by atoms with Gasteiger partial charge in [-0.3, -0.25) is 0 Å². The molecule has 4 rings (SSSR count). The quantitative estimate of drug-likeness (QED) is 0.521. The normalized spacial score (nSPS) is 11.9. The number of pyridine rings is 1. The van der Waals surface area contributed by atoms with Gasteiger partial charge in [-0.1, -0.05) is 23.7 Å². The van der Waals surface area contributed by atoms with Crippen LogP contribution in [0.5, 0.6) is 0 Å². The predicted octanol–water partition coefficient (Wildman–Crippen LogP) is 3.82. The van der Waals surface area contributed by atoms with Gasteiger partial charge in [0, 0.05) is 10.8 Å². The van der Waals surface area contributed by atoms with Gasteiger partial charge >= 0.3 is 0 Å². The molecule has 5 heteroatoms. The lowest BCUT2D eigenvalue weighted by Gasteiger charge is -1.91. The molecule has 18 heavy (non-hydrogen) atoms. The minimum absolute atomic E-state index is 0.644. The van der Waals surface area contributed by atoms with Gasteiger partial charge in [-0.2, -0.15) is 0 Å². The number of H-pyrrole nitrogens is 1. The van der Waals surface area contributed by atoms with Crippen LogP contribution in [-0.2, 0) is 0 Å². The van der Waals surface area contributed by atoms with Crippen LogP contribution < -0.4 is 0 Å². The first kappa shape index (κ1) is 9.91. The van der Waals surface area contributed by atoms with Gasteiger partial charge in [0.25, 0.3) is 0 Å². The van der Waals surface area contributed by atoms with Gasteiger partial charge < -0.3 is 4.52 Å². The number of para-hydroxylation sites is 1. The number of fused-ring (bicyclic) bond motifs is 4. The minimum atomic E-state index is 0.644. The number of aryl methyl sites for hydroxylation is 1. The molecule has 4 aromatic rings. The molecule has 0 unspecified atom stereocenters. The molecule has 0 fully saturated rings. The highest BCUT2D eigenvalue weighted by Crippen LogP contribution is 2.31. The average Bonchev–Trinajstić information content (AvgIpc) is 2.90. The molecule has 0 radical (unpaired) electrons. The second-order valence-corrected chi connectivity index (χ2v) is 4.69. The first-order valence-electron chi connectivity index (χ1n) is 5.56. The van der Waals surface area contributed by atoms with E-state index in [9.17, 15) is 0 Å². The summed E-state index contributed by atoms with van der Waals surface area (Å²) in [5.41, 5.74) is 3.92. The topological polar surface area (TPSA) is 54.7 Å². The molecule has 3 aromatic heterocycles. The van der Waals surface area contributed by atoms with Crippen molar-refractivity contribution in [3.8, 4) is 0 Å². The third kappa shape index (κ3) is 1.15. The van der Waals surface area contributed by atoms with E-state index >= 15 is 0 Å². The molecule has 88 valence electrons. The summed E-state index contributed by atoms with van der Waals surface area (Å²) >= 11 is 6.15. The number of hydrogen-bond donors (Lipinski definition) is 1. The second kappa shape index (κ2) is 3.23. The maximum atomic E-state index is 6.15. The average molecular weight is 258 g/mol. The van der Waals surface area contributed by atoms with Gasteiger partial charge in [-0.15, -0.1) is 0 Å². The van der Waals surface area contributed by atoms with Crippen molar-refractivity contribution in [1.82, 2.24) is 15.1 Å². The molecule has 0 bridgehead atoms. The predicted molar refractivity (Wildman–Crippen MR) is 70.9 cm³/mol. The summed E-state index contributed by atoms with van der Waals surface area (Å²) in [7, 11) is 0. The molecule has 3 heterocycles. The van der Waals surface area contributed by atoms with Gasteiger partial charge in [-0.05, 0) is 19.1 Å². The van der Waals surface area contributed by atoms with Crippen LogP contribution in [-0.4, -0.2) is 15.1 Å². The molecule has 0 aliphatic carbocycles. The summed E-state index contributed by atoms with van der Waals surface area (Å²) in [6, 6.07) is 7.69. The Morgan fingerprint density at radius 3 is 2.89 bits per heavy atom. The Bertz CT molecular complexity index is 907. The molecule has 0 aliphatic heterocycles. The van der Waals surface area contributed by atoms with Crippen LogP contribution in [0.25, 0.3) is 33.0 Å². The molecular weight excluding hydrogens is 250 g/mol. The lowest BCUT2D eigenvalue weighted by atomic mass is 10.2. The van der Waals surface area contributed by atoms with Crippen molar-refractivity contribution >= 4 is 44.6 Å². The van der Waals surface area contributed by atoms with Crippen molar-refractivity contribution in [2.75, 3.05) is 0 Å². The van der Waals surface area contributed by atoms with E-state index in [1.807, 2.05) is 31.2 Å². The number of hydrogen-bond acceptors (Lipinski definition) is 3. The summed E-state index contributed by atoms with van der Waals surface area (Å²) in [5.74, 6) is 0. The van der Waals surface area contributed by atoms with E-state index in [0.717, 1.165) is 33.1 Å². The summed E-state index contributed by atoms with van der Waals surface area (Å²) in [5, 5.41) is 5.41. The highest BCUT2D eigenvalue weighted by Gasteiger charge is 2.13. The molecule has 0 aliphatic rings. The Labute approximate surface area is 107 Å². The zero-order valence-corrected chi connectivity index (χ0v) is 10.2. The second-order valence-electron chi connectivity index (χ2n) is 4.28. The van der Waals surface area contributed by atoms with E-state index in [4.69, 9.17) is 16.1 Å². The highest BCUT2D eigenvalue weighted by molar-refractivity contribution is 6.36. The maximum absolute atomic E-state index is 6.15. The largest absolute Gasteiger partial charge is 0.380 e. The Morgan fingerprint density at radius 1 is 1.17 bits per heavy atom. The van der Waals surface area contributed by atoms with Crippen LogP contribution in [0.15, 0.2) is 28.8 Å². The molecule has 0 saturated heterocycles. The van der Waals surface area contributed by atoms with Gasteiger partial charge in [0.1, 0.15) is 5.52 Å². The van der Waals surface area contributed by atoms with Gasteiger partial charge in [0.15, 0.2) is 11.2 Å². The smallest absolute Gasteiger partial charge is 0.183 e. The van der Waals surface area contributed by atoms with Crippen LogP contribution in [0, 0.1) is 6.92 Å². The number of aromatic amines is 1. The number of nitrogens with zero attached hydrogens (tertiary/aromatic N) is 2. The minimum Gasteiger partial charge on any atom is -0.380 e. The number of aromatic nitrogens is 3. The van der Waals surface area contributed by atoms with E-state index in [2.05, 4.69) is 15.1 Å². The highest BCUT2D eigenvalue weighted by atomic mass is 35.5. The number of nitrogens with one attached hydrogen (secondary N) is 1. The Morgan fingerprint density at radius 2 is 2.00 bits per heavy atom. The fourth-order valence-electron chi connectivity index (χ4n) is 2.25. The van der Waals surface area contributed by atoms with Crippen molar-refractivity contribution in [3.63, 3.8) is 0 Å². The third-order valence-corrected chi connectivity index (χ3v) is 3.44. The van der Waals surface area contributed by atoms with Crippen molar-refractivity contribution in [1.29, 1.82) is 0 Å². The van der Waals surface area contributed by atoms with E-state index in [0.29, 0.717) is 10.7 Å². The summed E-state index contributed by atoms with van der Waals surface area (Å²) in [6.07, 6.45) is 0. The van der Waals surface area contributed by atoms with Crippen LogP contribution in [0.1, 0.15) is 5.69 Å². The third-order valence-electron chi connectivity index (χ3n) is 3.13. The molecule has 1 N–H and O–H groups in total. The standard InChI is InChI=1S/C13H8ClN3O/c1-6-11-10(18-17-6)5-8-7-3-2-4-9(14)12(7)16-13(8)15-11/h2-5,17H,1H3. The Kier molecular flexibility index (Phi) is 1.78. The molecule has 1 aromatic carbocycles. The lowest BCUT2D eigenvalue weighted by molar-refractivity contribution is 0.450. The van der Waals surface area contributed by atoms with E-state index in [1.54, 1.807) is 0 Å². The van der Waals surface area contributed by atoms with Crippen LogP contribution >= 0.6 is 11.6 Å². The fraction of sp³-hybridized carbons (Fsp3) is 0.0769. The Hall–Kier alpha value is -2.07. The van der Waals surface area contributed by atoms with E-state index in [-0.39, 0.29) is 0 Å². The van der Waals surface area contributed by atoms with Gasteiger partial charge in [0.05, 0.1) is 16.2 Å². The van der Waals surface area contributed by atoms with E-state index < -0.39 is 0 Å². The molecule has 0 amide bonds. The van der Waals surface area contributed by atoms with Crippen molar-refractivity contribution in [3.05, 3.63) is 35.0 Å². The lowest BCUT2D eigenvalue weighted by Crippen LogP contribution is -1.79. The molecule has 0 spiro atoms. The summed E-state index contributed by atoms with van der Waals surface area (Å²) in [6.45, 7) is 1.92. The van der Waals surface area contributed by atoms with Crippen LogP contribution in [0.3, 0.4) is 0 Å². The molecular formula is C13H8ClN3O. The zero-order valence-electron chi connectivity index (χ0n) is 9.49. The van der Waals surface area contributed by atoms with Gasteiger partial charge in [0.2, 0.25) is 0 Å². The van der Waals surface area contributed by atoms with Crippen molar-refractivity contribution in [2.45, 2.75) is 6.92 Å². The summed E-state index contributed by atoms with van der Waals surface area (Å²) < 4.78 is 5.36. The fourth-order valence-corrected chi connectivity index (χ4v) is 2.46. The Balaban J connectivity index is 2.28. The monoisotopic (exact) mass is 257 g/mol. The molecule has 4 nitrogen and oxygen atoms in total. The van der Waals surface area contributed by atoms with Crippen molar-refractivity contribution in [2.24, 2.45) is 0 Å².